The lowest BCUT2D eigenvalue weighted by Crippen LogP contribution is -2.19. The molecule has 1 amide bonds. The van der Waals surface area contributed by atoms with Gasteiger partial charge in [0.15, 0.2) is 0 Å². The second-order valence-electron chi connectivity index (χ2n) is 3.75. The Bertz CT molecular complexity index is 611. The van der Waals surface area contributed by atoms with E-state index in [1.807, 2.05) is 0 Å². The standard InChI is InChI=1S/C13H12N4O2/c1-9(11-8-14-6-7-15-11)16-17-13(19)10-4-2-3-5-12(10)18/h2-8,18H,1H3,(H,17,19)/b16-9+. The molecule has 19 heavy (non-hydrogen) atoms. The molecule has 2 rings (SSSR count). The highest BCUT2D eigenvalue weighted by atomic mass is 16.3. The molecular formula is C13H12N4O2. The van der Waals surface area contributed by atoms with Gasteiger partial charge in [-0.15, -0.1) is 0 Å². The number of carbonyl (C=O) groups is 1. The second-order valence-corrected chi connectivity index (χ2v) is 3.75. The molecule has 0 radical (unpaired) electrons. The van der Waals surface area contributed by atoms with Gasteiger partial charge in [0.1, 0.15) is 11.4 Å². The molecule has 2 aromatic rings. The third-order valence-corrected chi connectivity index (χ3v) is 2.41. The molecule has 1 aromatic heterocycles. The van der Waals surface area contributed by atoms with Gasteiger partial charge in [0.05, 0.1) is 17.5 Å². The van der Waals surface area contributed by atoms with Crippen LogP contribution in [-0.4, -0.2) is 26.7 Å². The van der Waals surface area contributed by atoms with Gasteiger partial charge >= 0.3 is 0 Å². The molecule has 0 saturated heterocycles. The lowest BCUT2D eigenvalue weighted by Gasteiger charge is -2.03. The maximum absolute atomic E-state index is 11.8. The van der Waals surface area contributed by atoms with Crippen molar-refractivity contribution in [1.82, 2.24) is 15.4 Å². The number of phenolic OH excluding ortho intramolecular Hbond substituents is 1. The van der Waals surface area contributed by atoms with Crippen LogP contribution in [0.3, 0.4) is 0 Å². The number of nitrogens with zero attached hydrogens (tertiary/aromatic N) is 3. The minimum Gasteiger partial charge on any atom is -0.507 e. The molecular weight excluding hydrogens is 244 g/mol. The van der Waals surface area contributed by atoms with Crippen LogP contribution < -0.4 is 5.43 Å². The molecule has 0 aliphatic heterocycles. The fraction of sp³-hybridized carbons (Fsp3) is 0.0769. The number of rotatable bonds is 3. The molecule has 0 aliphatic rings. The van der Waals surface area contributed by atoms with Gasteiger partial charge in [0.25, 0.3) is 5.91 Å². The number of carbonyl (C=O) groups excluding carboxylic acids is 1. The number of nitrogens with one attached hydrogen (secondary N) is 1. The van der Waals surface area contributed by atoms with Gasteiger partial charge in [-0.3, -0.25) is 14.8 Å². The second kappa shape index (κ2) is 5.72. The number of aromatic nitrogens is 2. The number of amides is 1. The fourth-order valence-electron chi connectivity index (χ4n) is 1.40. The zero-order valence-corrected chi connectivity index (χ0v) is 10.2. The highest BCUT2D eigenvalue weighted by Gasteiger charge is 2.09. The number of hydrazone groups is 1. The molecule has 1 heterocycles. The van der Waals surface area contributed by atoms with Crippen molar-refractivity contribution >= 4 is 11.6 Å². The molecule has 96 valence electrons. The van der Waals surface area contributed by atoms with Crippen LogP contribution in [0.1, 0.15) is 23.0 Å². The van der Waals surface area contributed by atoms with Crippen LogP contribution in [0.4, 0.5) is 0 Å². The third-order valence-electron chi connectivity index (χ3n) is 2.41. The topological polar surface area (TPSA) is 87.5 Å². The highest BCUT2D eigenvalue weighted by molar-refractivity contribution is 6.00. The van der Waals surface area contributed by atoms with Gasteiger partial charge in [-0.2, -0.15) is 5.10 Å². The number of hydrogen-bond acceptors (Lipinski definition) is 5. The SMILES string of the molecule is C/C(=N\NC(=O)c1ccccc1O)c1cnccn1. The first-order chi connectivity index (χ1) is 9.18. The minimum absolute atomic E-state index is 0.0904. The summed E-state index contributed by atoms with van der Waals surface area (Å²) in [5.74, 6) is -0.575. The minimum atomic E-state index is -0.485. The Morgan fingerprint density at radius 1 is 1.32 bits per heavy atom. The van der Waals surface area contributed by atoms with Crippen LogP contribution in [0.2, 0.25) is 0 Å². The Morgan fingerprint density at radius 3 is 2.79 bits per heavy atom. The first-order valence-corrected chi connectivity index (χ1v) is 5.57. The van der Waals surface area contributed by atoms with Crippen LogP contribution in [-0.2, 0) is 0 Å². The van der Waals surface area contributed by atoms with Gasteiger partial charge in [-0.05, 0) is 19.1 Å². The lowest BCUT2D eigenvalue weighted by molar-refractivity contribution is 0.0952. The summed E-state index contributed by atoms with van der Waals surface area (Å²) in [5.41, 5.74) is 3.62. The average Bonchev–Trinajstić information content (AvgIpc) is 2.46. The summed E-state index contributed by atoms with van der Waals surface area (Å²) < 4.78 is 0. The average molecular weight is 256 g/mol. The van der Waals surface area contributed by atoms with Crippen molar-refractivity contribution in [3.63, 3.8) is 0 Å². The molecule has 6 nitrogen and oxygen atoms in total. The number of benzene rings is 1. The van der Waals surface area contributed by atoms with E-state index in [4.69, 9.17) is 0 Å². The molecule has 0 fully saturated rings. The van der Waals surface area contributed by atoms with Crippen molar-refractivity contribution in [2.45, 2.75) is 6.92 Å². The summed E-state index contributed by atoms with van der Waals surface area (Å²) in [6, 6.07) is 6.25. The zero-order valence-electron chi connectivity index (χ0n) is 10.2. The van der Waals surface area contributed by atoms with E-state index in [1.165, 1.54) is 12.1 Å². The molecule has 0 aliphatic carbocycles. The monoisotopic (exact) mass is 256 g/mol. The fourth-order valence-corrected chi connectivity index (χ4v) is 1.40. The summed E-state index contributed by atoms with van der Waals surface area (Å²) in [6.07, 6.45) is 4.64. The van der Waals surface area contributed by atoms with E-state index in [1.54, 1.807) is 37.6 Å². The summed E-state index contributed by atoms with van der Waals surface area (Å²) in [5, 5.41) is 13.4. The normalized spacial score (nSPS) is 11.1. The van der Waals surface area contributed by atoms with Crippen LogP contribution in [0.15, 0.2) is 48.0 Å². The Balaban J connectivity index is 2.11. The Kier molecular flexibility index (Phi) is 3.82. The summed E-state index contributed by atoms with van der Waals surface area (Å²) in [4.78, 5) is 19.7. The number of aromatic hydroxyl groups is 1. The predicted octanol–water partition coefficient (Wildman–Crippen LogP) is 1.34. The Labute approximate surface area is 109 Å². The van der Waals surface area contributed by atoms with Gasteiger partial charge < -0.3 is 5.11 Å². The maximum atomic E-state index is 11.8. The van der Waals surface area contributed by atoms with Gasteiger partial charge in [-0.1, -0.05) is 12.1 Å². The van der Waals surface area contributed by atoms with E-state index in [0.29, 0.717) is 11.4 Å². The smallest absolute Gasteiger partial charge is 0.275 e. The van der Waals surface area contributed by atoms with Crippen LogP contribution in [0.25, 0.3) is 0 Å². The maximum Gasteiger partial charge on any atom is 0.275 e. The molecule has 1 aromatic carbocycles. The Morgan fingerprint density at radius 2 is 2.11 bits per heavy atom. The van der Waals surface area contributed by atoms with Gasteiger partial charge in [-0.25, -0.2) is 5.43 Å². The van der Waals surface area contributed by atoms with Crippen molar-refractivity contribution < 1.29 is 9.90 Å². The van der Waals surface area contributed by atoms with Crippen molar-refractivity contribution in [3.8, 4) is 5.75 Å². The first kappa shape index (κ1) is 12.7. The van der Waals surface area contributed by atoms with Crippen molar-refractivity contribution in [2.24, 2.45) is 5.10 Å². The molecule has 2 N–H and O–H groups in total. The lowest BCUT2D eigenvalue weighted by atomic mass is 10.2. The summed E-state index contributed by atoms with van der Waals surface area (Å²) in [6.45, 7) is 1.70. The van der Waals surface area contributed by atoms with E-state index in [9.17, 15) is 9.90 Å². The highest BCUT2D eigenvalue weighted by Crippen LogP contribution is 2.14. The van der Waals surface area contributed by atoms with E-state index >= 15 is 0 Å². The molecule has 0 spiro atoms. The largest absolute Gasteiger partial charge is 0.507 e. The first-order valence-electron chi connectivity index (χ1n) is 5.57. The molecule has 0 unspecified atom stereocenters. The van der Waals surface area contributed by atoms with Crippen molar-refractivity contribution in [2.75, 3.05) is 0 Å². The van der Waals surface area contributed by atoms with E-state index in [2.05, 4.69) is 20.5 Å². The molecule has 0 bridgehead atoms. The van der Waals surface area contributed by atoms with Gasteiger partial charge in [0, 0.05) is 12.4 Å². The Hall–Kier alpha value is -2.76. The number of phenols is 1. The number of para-hydroxylation sites is 1. The van der Waals surface area contributed by atoms with Crippen LogP contribution >= 0.6 is 0 Å². The van der Waals surface area contributed by atoms with Crippen molar-refractivity contribution in [3.05, 3.63) is 54.1 Å². The van der Waals surface area contributed by atoms with Gasteiger partial charge in [0.2, 0.25) is 0 Å². The van der Waals surface area contributed by atoms with Crippen LogP contribution in [0.5, 0.6) is 5.75 Å². The van der Waals surface area contributed by atoms with E-state index in [0.717, 1.165) is 0 Å². The quantitative estimate of drug-likeness (QED) is 0.640. The van der Waals surface area contributed by atoms with E-state index < -0.39 is 5.91 Å². The summed E-state index contributed by atoms with van der Waals surface area (Å²) in [7, 11) is 0. The van der Waals surface area contributed by atoms with Crippen molar-refractivity contribution in [1.29, 1.82) is 0 Å². The summed E-state index contributed by atoms with van der Waals surface area (Å²) >= 11 is 0. The molecule has 0 saturated carbocycles. The van der Waals surface area contributed by atoms with Crippen LogP contribution in [0, 0.1) is 0 Å². The zero-order chi connectivity index (χ0) is 13.7. The van der Waals surface area contributed by atoms with E-state index in [-0.39, 0.29) is 11.3 Å². The molecule has 6 heteroatoms. The molecule has 0 atom stereocenters. The predicted molar refractivity (Wildman–Crippen MR) is 69.8 cm³/mol. The third kappa shape index (κ3) is 3.12. The number of hydrogen-bond donors (Lipinski definition) is 2.